The van der Waals surface area contributed by atoms with Crippen molar-refractivity contribution in [3.8, 4) is 0 Å². The maximum Gasteiger partial charge on any atom is 0.162 e. The molecule has 0 bridgehead atoms. The Hall–Kier alpha value is 0.0969. The number of aliphatic hydroxyl groups is 2. The van der Waals surface area contributed by atoms with Crippen LogP contribution < -0.4 is 0 Å². The molecule has 0 aromatic rings. The quantitative estimate of drug-likeness (QED) is 0.442. The van der Waals surface area contributed by atoms with E-state index in [9.17, 15) is 0 Å². The van der Waals surface area contributed by atoms with Crippen molar-refractivity contribution in [2.24, 2.45) is 0 Å². The van der Waals surface area contributed by atoms with Crippen molar-refractivity contribution in [1.82, 2.24) is 0 Å². The van der Waals surface area contributed by atoms with Gasteiger partial charge in [0.2, 0.25) is 0 Å². The van der Waals surface area contributed by atoms with Crippen LogP contribution in [0.2, 0.25) is 6.04 Å². The second-order valence-corrected chi connectivity index (χ2v) is 4.92. The van der Waals surface area contributed by atoms with Gasteiger partial charge < -0.3 is 14.6 Å². The van der Waals surface area contributed by atoms with E-state index in [2.05, 4.69) is 0 Å². The zero-order chi connectivity index (χ0) is 9.45. The standard InChI is InChI=1S/C8H20O3Si/c1-8(2,4-6-10)11-12-7-3-5-9/h9-10H,3-7,12H2,1-2H3. The van der Waals surface area contributed by atoms with E-state index in [1.807, 2.05) is 13.8 Å². The summed E-state index contributed by atoms with van der Waals surface area (Å²) in [7, 11) is -0.495. The molecule has 12 heavy (non-hydrogen) atoms. The van der Waals surface area contributed by atoms with Gasteiger partial charge in [0, 0.05) is 13.2 Å². The fourth-order valence-corrected chi connectivity index (χ4v) is 2.17. The van der Waals surface area contributed by atoms with Crippen LogP contribution in [0, 0.1) is 0 Å². The normalized spacial score (nSPS) is 13.0. The summed E-state index contributed by atoms with van der Waals surface area (Å²) < 4.78 is 5.64. The highest BCUT2D eigenvalue weighted by Crippen LogP contribution is 2.13. The molecular weight excluding hydrogens is 172 g/mol. The van der Waals surface area contributed by atoms with Crippen LogP contribution in [0.15, 0.2) is 0 Å². The van der Waals surface area contributed by atoms with Gasteiger partial charge in [-0.05, 0) is 32.7 Å². The van der Waals surface area contributed by atoms with Gasteiger partial charge in [0.25, 0.3) is 0 Å². The molecule has 0 heterocycles. The Morgan fingerprint density at radius 1 is 1.25 bits per heavy atom. The summed E-state index contributed by atoms with van der Waals surface area (Å²) >= 11 is 0. The average Bonchev–Trinajstić information content (AvgIpc) is 1.98. The van der Waals surface area contributed by atoms with E-state index in [1.165, 1.54) is 0 Å². The van der Waals surface area contributed by atoms with Crippen molar-refractivity contribution < 1.29 is 14.6 Å². The van der Waals surface area contributed by atoms with Gasteiger partial charge in [0.05, 0.1) is 5.60 Å². The number of hydrogen-bond donors (Lipinski definition) is 2. The van der Waals surface area contributed by atoms with E-state index >= 15 is 0 Å². The highest BCUT2D eigenvalue weighted by atomic mass is 28.2. The van der Waals surface area contributed by atoms with Crippen LogP contribution in [0.1, 0.15) is 26.7 Å². The van der Waals surface area contributed by atoms with Crippen molar-refractivity contribution in [2.45, 2.75) is 38.3 Å². The smallest absolute Gasteiger partial charge is 0.162 e. The first-order valence-corrected chi connectivity index (χ1v) is 6.06. The summed E-state index contributed by atoms with van der Waals surface area (Å²) in [6, 6.07) is 1.02. The Morgan fingerprint density at radius 3 is 2.42 bits per heavy atom. The summed E-state index contributed by atoms with van der Waals surface area (Å²) in [5.41, 5.74) is -0.170. The topological polar surface area (TPSA) is 49.7 Å². The largest absolute Gasteiger partial charge is 0.419 e. The Bertz CT molecular complexity index is 106. The fraction of sp³-hybridized carbons (Fsp3) is 1.00. The SMILES string of the molecule is CC(C)(CCO)O[SiH2]CCCO. The molecular formula is C8H20O3Si. The first-order valence-electron chi connectivity index (χ1n) is 4.48. The lowest BCUT2D eigenvalue weighted by atomic mass is 10.1. The van der Waals surface area contributed by atoms with Crippen LogP contribution in [0.4, 0.5) is 0 Å². The first kappa shape index (κ1) is 12.1. The summed E-state index contributed by atoms with van der Waals surface area (Å²) in [5, 5.41) is 17.2. The Labute approximate surface area is 76.7 Å². The molecule has 0 saturated carbocycles. The Kier molecular flexibility index (Phi) is 6.65. The molecule has 0 rings (SSSR count). The van der Waals surface area contributed by atoms with E-state index in [0.29, 0.717) is 6.42 Å². The van der Waals surface area contributed by atoms with E-state index in [4.69, 9.17) is 14.6 Å². The molecule has 0 aliphatic rings. The summed E-state index contributed by atoms with van der Waals surface area (Å²) in [6.07, 6.45) is 1.54. The predicted molar refractivity (Wildman–Crippen MR) is 51.9 cm³/mol. The molecule has 0 radical (unpaired) electrons. The zero-order valence-electron chi connectivity index (χ0n) is 8.05. The first-order chi connectivity index (χ1) is 5.62. The minimum Gasteiger partial charge on any atom is -0.419 e. The van der Waals surface area contributed by atoms with Crippen molar-refractivity contribution in [3.05, 3.63) is 0 Å². The molecule has 0 amide bonds. The van der Waals surface area contributed by atoms with Gasteiger partial charge in [0.15, 0.2) is 9.76 Å². The lowest BCUT2D eigenvalue weighted by Crippen LogP contribution is -2.27. The van der Waals surface area contributed by atoms with E-state index in [0.717, 1.165) is 12.5 Å². The fourth-order valence-electron chi connectivity index (χ4n) is 0.904. The van der Waals surface area contributed by atoms with E-state index < -0.39 is 9.76 Å². The Balaban J connectivity index is 3.33. The van der Waals surface area contributed by atoms with Gasteiger partial charge in [-0.1, -0.05) is 0 Å². The molecule has 0 aromatic heterocycles. The predicted octanol–water partition coefficient (Wildman–Crippen LogP) is 0.0485. The van der Waals surface area contributed by atoms with Crippen LogP contribution in [-0.2, 0) is 4.43 Å². The lowest BCUT2D eigenvalue weighted by Gasteiger charge is -2.24. The molecule has 0 atom stereocenters. The molecule has 0 fully saturated rings. The second kappa shape index (κ2) is 6.60. The lowest BCUT2D eigenvalue weighted by molar-refractivity contribution is 0.0802. The van der Waals surface area contributed by atoms with Gasteiger partial charge >= 0.3 is 0 Å². The van der Waals surface area contributed by atoms with Crippen LogP contribution in [0.3, 0.4) is 0 Å². The molecule has 3 nitrogen and oxygen atoms in total. The Morgan fingerprint density at radius 2 is 1.92 bits per heavy atom. The summed E-state index contributed by atoms with van der Waals surface area (Å²) in [6.45, 7) is 4.43. The van der Waals surface area contributed by atoms with Crippen LogP contribution in [0.5, 0.6) is 0 Å². The van der Waals surface area contributed by atoms with E-state index in [-0.39, 0.29) is 18.8 Å². The average molecular weight is 192 g/mol. The van der Waals surface area contributed by atoms with Crippen LogP contribution >= 0.6 is 0 Å². The number of rotatable bonds is 7. The monoisotopic (exact) mass is 192 g/mol. The van der Waals surface area contributed by atoms with Crippen LogP contribution in [-0.4, -0.2) is 38.8 Å². The van der Waals surface area contributed by atoms with Crippen molar-refractivity contribution in [3.63, 3.8) is 0 Å². The summed E-state index contributed by atoms with van der Waals surface area (Å²) in [4.78, 5) is 0. The highest BCUT2D eigenvalue weighted by Gasteiger charge is 2.16. The van der Waals surface area contributed by atoms with Gasteiger partial charge in [-0.15, -0.1) is 0 Å². The molecule has 0 aliphatic carbocycles. The van der Waals surface area contributed by atoms with Gasteiger partial charge in [-0.25, -0.2) is 0 Å². The molecule has 0 aliphatic heterocycles. The third kappa shape index (κ3) is 6.79. The third-order valence-corrected chi connectivity index (χ3v) is 3.53. The minimum absolute atomic E-state index is 0.170. The number of aliphatic hydroxyl groups excluding tert-OH is 2. The van der Waals surface area contributed by atoms with Gasteiger partial charge in [0.1, 0.15) is 0 Å². The minimum atomic E-state index is -0.495. The van der Waals surface area contributed by atoms with E-state index in [1.54, 1.807) is 0 Å². The summed E-state index contributed by atoms with van der Waals surface area (Å²) in [5.74, 6) is 0. The molecule has 0 spiro atoms. The maximum atomic E-state index is 8.70. The number of hydrogen-bond acceptors (Lipinski definition) is 3. The highest BCUT2D eigenvalue weighted by molar-refractivity contribution is 6.27. The maximum absolute atomic E-state index is 8.70. The van der Waals surface area contributed by atoms with Crippen LogP contribution in [0.25, 0.3) is 0 Å². The molecule has 0 unspecified atom stereocenters. The molecule has 0 aromatic carbocycles. The van der Waals surface area contributed by atoms with Gasteiger partial charge in [-0.2, -0.15) is 0 Å². The third-order valence-electron chi connectivity index (χ3n) is 1.76. The van der Waals surface area contributed by atoms with Crippen molar-refractivity contribution in [2.75, 3.05) is 13.2 Å². The van der Waals surface area contributed by atoms with Crippen molar-refractivity contribution >= 4 is 9.76 Å². The zero-order valence-corrected chi connectivity index (χ0v) is 9.46. The van der Waals surface area contributed by atoms with Crippen molar-refractivity contribution in [1.29, 1.82) is 0 Å². The molecule has 0 saturated heterocycles. The second-order valence-electron chi connectivity index (χ2n) is 3.51. The molecule has 4 heteroatoms. The molecule has 74 valence electrons. The van der Waals surface area contributed by atoms with Gasteiger partial charge in [-0.3, -0.25) is 0 Å². The molecule has 2 N–H and O–H groups in total.